The van der Waals surface area contributed by atoms with Crippen LogP contribution < -0.4 is 16.0 Å². The molecule has 1 aromatic carbocycles. The van der Waals surface area contributed by atoms with Gasteiger partial charge in [0, 0.05) is 23.5 Å². The van der Waals surface area contributed by atoms with Crippen LogP contribution in [0.25, 0.3) is 16.8 Å². The lowest BCUT2D eigenvalue weighted by Gasteiger charge is -2.28. The van der Waals surface area contributed by atoms with Gasteiger partial charge in [-0.2, -0.15) is 5.10 Å². The SMILES string of the molecule is COc1cc(C)cc(C)c1-c1cccc2c(C(N)(CC3CC3)c3ncc[nH]c3=O)c(SC)nn12. The van der Waals surface area contributed by atoms with Gasteiger partial charge in [0.05, 0.1) is 23.9 Å². The zero-order valence-corrected chi connectivity index (χ0v) is 20.7. The lowest BCUT2D eigenvalue weighted by atomic mass is 9.83. The standard InChI is InChI=1S/C26H29N5O2S/c1-15-12-16(2)21(20(13-15)33-3)18-6-5-7-19-22(25(34-4)30-31(18)19)26(27,14-17-8-9-17)23-24(32)29-11-10-28-23/h5-7,10-13,17H,8-9,14,27H2,1-4H3,(H,29,32). The summed E-state index contributed by atoms with van der Waals surface area (Å²) in [6.45, 7) is 4.14. The molecule has 3 N–H and O–H groups in total. The number of methoxy groups -OCH3 is 1. The number of nitrogens with two attached hydrogens (primary N) is 1. The zero-order valence-electron chi connectivity index (χ0n) is 19.9. The van der Waals surface area contributed by atoms with Crippen LogP contribution in [0.3, 0.4) is 0 Å². The van der Waals surface area contributed by atoms with Crippen LogP contribution in [0.4, 0.5) is 0 Å². The third-order valence-corrected chi connectivity index (χ3v) is 7.29. The average Bonchev–Trinajstić information content (AvgIpc) is 3.53. The molecule has 3 heterocycles. The number of aromatic nitrogens is 4. The van der Waals surface area contributed by atoms with Gasteiger partial charge in [-0.25, -0.2) is 4.52 Å². The van der Waals surface area contributed by atoms with Crippen LogP contribution in [0.15, 0.2) is 52.5 Å². The normalized spacial score (nSPS) is 15.4. The number of ether oxygens (including phenoxy) is 1. The van der Waals surface area contributed by atoms with Crippen molar-refractivity contribution in [1.82, 2.24) is 19.6 Å². The minimum Gasteiger partial charge on any atom is -0.496 e. The molecule has 1 atom stereocenters. The molecule has 0 radical (unpaired) electrons. The van der Waals surface area contributed by atoms with Gasteiger partial charge in [0.2, 0.25) is 0 Å². The van der Waals surface area contributed by atoms with Crippen LogP contribution in [-0.2, 0) is 5.54 Å². The number of fused-ring (bicyclic) bond motifs is 1. The Morgan fingerprint density at radius 2 is 2.09 bits per heavy atom. The molecule has 0 saturated heterocycles. The molecule has 1 aliphatic carbocycles. The number of nitrogens with zero attached hydrogens (tertiary/aromatic N) is 3. The second-order valence-corrected chi connectivity index (χ2v) is 9.93. The van der Waals surface area contributed by atoms with Gasteiger partial charge < -0.3 is 15.5 Å². The van der Waals surface area contributed by atoms with Gasteiger partial charge in [0.1, 0.15) is 16.5 Å². The molecule has 176 valence electrons. The van der Waals surface area contributed by atoms with Crippen LogP contribution in [0.5, 0.6) is 5.75 Å². The Morgan fingerprint density at radius 3 is 2.76 bits per heavy atom. The first-order valence-corrected chi connectivity index (χ1v) is 12.6. The van der Waals surface area contributed by atoms with E-state index in [1.165, 1.54) is 11.8 Å². The van der Waals surface area contributed by atoms with Gasteiger partial charge in [0.15, 0.2) is 0 Å². The van der Waals surface area contributed by atoms with E-state index in [2.05, 4.69) is 29.9 Å². The first kappa shape index (κ1) is 22.7. The third kappa shape index (κ3) is 3.71. The number of benzene rings is 1. The van der Waals surface area contributed by atoms with Crippen LogP contribution in [0.2, 0.25) is 0 Å². The topological polar surface area (TPSA) is 98.3 Å². The number of pyridine rings is 1. The Morgan fingerprint density at radius 1 is 1.29 bits per heavy atom. The number of aryl methyl sites for hydroxylation is 2. The molecule has 5 rings (SSSR count). The van der Waals surface area contributed by atoms with Crippen LogP contribution in [-0.4, -0.2) is 32.9 Å². The highest BCUT2D eigenvalue weighted by molar-refractivity contribution is 7.98. The van der Waals surface area contributed by atoms with Gasteiger partial charge in [-0.05, 0) is 61.8 Å². The van der Waals surface area contributed by atoms with Crippen molar-refractivity contribution >= 4 is 17.3 Å². The van der Waals surface area contributed by atoms with Crippen LogP contribution >= 0.6 is 11.8 Å². The highest BCUT2D eigenvalue weighted by atomic mass is 32.2. The van der Waals surface area contributed by atoms with E-state index in [1.54, 1.807) is 19.5 Å². The molecule has 7 nitrogen and oxygen atoms in total. The molecule has 3 aromatic heterocycles. The van der Waals surface area contributed by atoms with Crippen molar-refractivity contribution in [2.45, 2.75) is 43.7 Å². The monoisotopic (exact) mass is 475 g/mol. The summed E-state index contributed by atoms with van der Waals surface area (Å²) >= 11 is 1.53. The molecule has 1 saturated carbocycles. The van der Waals surface area contributed by atoms with E-state index in [0.717, 1.165) is 57.1 Å². The highest BCUT2D eigenvalue weighted by Gasteiger charge is 2.43. The van der Waals surface area contributed by atoms with E-state index in [-0.39, 0.29) is 5.56 Å². The summed E-state index contributed by atoms with van der Waals surface area (Å²) in [6.07, 6.45) is 8.01. The molecule has 4 aromatic rings. The van der Waals surface area contributed by atoms with Gasteiger partial charge in [-0.1, -0.05) is 25.0 Å². The van der Waals surface area contributed by atoms with E-state index >= 15 is 0 Å². The number of hydrogen-bond donors (Lipinski definition) is 2. The molecule has 0 spiro atoms. The van der Waals surface area contributed by atoms with Crippen molar-refractivity contribution in [3.63, 3.8) is 0 Å². The summed E-state index contributed by atoms with van der Waals surface area (Å²) in [5.41, 5.74) is 12.1. The van der Waals surface area contributed by atoms with E-state index in [0.29, 0.717) is 18.0 Å². The molecular formula is C26H29N5O2S. The number of thioether (sulfide) groups is 1. The number of aromatic amines is 1. The van der Waals surface area contributed by atoms with Crippen molar-refractivity contribution in [3.05, 3.63) is 75.5 Å². The number of H-pyrrole nitrogens is 1. The van der Waals surface area contributed by atoms with E-state index in [1.807, 2.05) is 35.0 Å². The summed E-state index contributed by atoms with van der Waals surface area (Å²) in [4.78, 5) is 20.1. The Hall–Kier alpha value is -3.10. The minimum absolute atomic E-state index is 0.260. The number of rotatable bonds is 7. The van der Waals surface area contributed by atoms with E-state index < -0.39 is 5.54 Å². The van der Waals surface area contributed by atoms with Gasteiger partial charge in [0.25, 0.3) is 5.56 Å². The van der Waals surface area contributed by atoms with Gasteiger partial charge in [-0.15, -0.1) is 11.8 Å². The number of nitrogens with one attached hydrogen (secondary N) is 1. The van der Waals surface area contributed by atoms with Crippen molar-refractivity contribution in [1.29, 1.82) is 0 Å². The van der Waals surface area contributed by atoms with Crippen molar-refractivity contribution in [2.75, 3.05) is 13.4 Å². The molecule has 0 amide bonds. The lowest BCUT2D eigenvalue weighted by molar-refractivity contribution is 0.415. The maximum absolute atomic E-state index is 12.9. The Labute approximate surface area is 202 Å². The zero-order chi connectivity index (χ0) is 24.0. The molecule has 8 heteroatoms. The molecule has 0 aliphatic heterocycles. The molecule has 34 heavy (non-hydrogen) atoms. The molecule has 0 bridgehead atoms. The Bertz CT molecular complexity index is 1440. The Balaban J connectivity index is 1.82. The maximum atomic E-state index is 12.9. The van der Waals surface area contributed by atoms with Crippen LogP contribution in [0.1, 0.15) is 41.6 Å². The fourth-order valence-corrected chi connectivity index (χ4v) is 5.64. The molecule has 1 unspecified atom stereocenters. The first-order valence-electron chi connectivity index (χ1n) is 11.4. The highest BCUT2D eigenvalue weighted by Crippen LogP contribution is 2.46. The van der Waals surface area contributed by atoms with E-state index in [4.69, 9.17) is 15.6 Å². The summed E-state index contributed by atoms with van der Waals surface area (Å²) in [7, 11) is 1.69. The predicted octanol–water partition coefficient (Wildman–Crippen LogP) is 4.43. The molecule has 1 aliphatic rings. The Kier molecular flexibility index (Phi) is 5.73. The molecular weight excluding hydrogens is 446 g/mol. The quantitative estimate of drug-likeness (QED) is 0.384. The summed E-state index contributed by atoms with van der Waals surface area (Å²) in [5, 5.41) is 5.80. The van der Waals surface area contributed by atoms with E-state index in [9.17, 15) is 4.79 Å². The second kappa shape index (κ2) is 8.60. The summed E-state index contributed by atoms with van der Waals surface area (Å²) in [6, 6.07) is 10.3. The van der Waals surface area contributed by atoms with Gasteiger partial charge >= 0.3 is 0 Å². The fourth-order valence-electron chi connectivity index (χ4n) is 4.98. The second-order valence-electron chi connectivity index (χ2n) is 9.14. The average molecular weight is 476 g/mol. The number of hydrogen-bond acceptors (Lipinski definition) is 6. The van der Waals surface area contributed by atoms with Crippen LogP contribution in [0, 0.1) is 19.8 Å². The van der Waals surface area contributed by atoms with Crippen molar-refractivity contribution in [3.8, 4) is 17.0 Å². The maximum Gasteiger partial charge on any atom is 0.271 e. The van der Waals surface area contributed by atoms with Crippen molar-refractivity contribution < 1.29 is 4.74 Å². The summed E-state index contributed by atoms with van der Waals surface area (Å²) in [5.74, 6) is 1.27. The fraction of sp³-hybridized carbons (Fsp3) is 0.346. The predicted molar refractivity (Wildman–Crippen MR) is 136 cm³/mol. The minimum atomic E-state index is -1.05. The largest absolute Gasteiger partial charge is 0.496 e. The summed E-state index contributed by atoms with van der Waals surface area (Å²) < 4.78 is 7.70. The van der Waals surface area contributed by atoms with Crippen molar-refractivity contribution in [2.24, 2.45) is 11.7 Å². The smallest absolute Gasteiger partial charge is 0.271 e. The van der Waals surface area contributed by atoms with Gasteiger partial charge in [-0.3, -0.25) is 9.78 Å². The molecule has 1 fully saturated rings. The third-order valence-electron chi connectivity index (χ3n) is 6.62. The lowest BCUT2D eigenvalue weighted by Crippen LogP contribution is -2.44. The first-order chi connectivity index (χ1) is 16.4.